The first-order valence-corrected chi connectivity index (χ1v) is 8.68. The molecule has 1 atom stereocenters. The van der Waals surface area contributed by atoms with E-state index in [-0.39, 0.29) is 0 Å². The van der Waals surface area contributed by atoms with Gasteiger partial charge in [-0.3, -0.25) is 9.80 Å². The predicted molar refractivity (Wildman–Crippen MR) is 84.1 cm³/mol. The lowest BCUT2D eigenvalue weighted by Crippen LogP contribution is -2.48. The van der Waals surface area contributed by atoms with Crippen LogP contribution in [-0.4, -0.2) is 86.7 Å². The molecule has 0 saturated carbocycles. The minimum atomic E-state index is 0.893. The zero-order chi connectivity index (χ0) is 13.8. The molecule has 3 heterocycles. The number of piperazine rings is 1. The van der Waals surface area contributed by atoms with E-state index < -0.39 is 0 Å². The fraction of sp³-hybridized carbons (Fsp3) is 1.00. The van der Waals surface area contributed by atoms with Gasteiger partial charge >= 0.3 is 0 Å². The van der Waals surface area contributed by atoms with Crippen LogP contribution in [0.5, 0.6) is 0 Å². The summed E-state index contributed by atoms with van der Waals surface area (Å²) in [4.78, 5) is 7.93. The number of nitrogens with zero attached hydrogens (tertiary/aromatic N) is 3. The molecule has 0 aromatic heterocycles. The molecule has 0 amide bonds. The van der Waals surface area contributed by atoms with Crippen molar-refractivity contribution in [3.8, 4) is 0 Å². The Morgan fingerprint density at radius 2 is 1.65 bits per heavy atom. The highest BCUT2D eigenvalue weighted by molar-refractivity contribution is 4.88. The molecular weight excluding hydrogens is 248 g/mol. The maximum absolute atomic E-state index is 3.51. The molecule has 3 fully saturated rings. The van der Waals surface area contributed by atoms with Gasteiger partial charge in [0, 0.05) is 45.3 Å². The molecule has 116 valence electrons. The second kappa shape index (κ2) is 7.21. The Morgan fingerprint density at radius 3 is 2.40 bits per heavy atom. The molecule has 0 aliphatic carbocycles. The van der Waals surface area contributed by atoms with E-state index in [2.05, 4.69) is 27.1 Å². The number of piperidine rings is 1. The van der Waals surface area contributed by atoms with E-state index >= 15 is 0 Å². The van der Waals surface area contributed by atoms with E-state index in [0.29, 0.717) is 0 Å². The molecule has 0 aromatic rings. The van der Waals surface area contributed by atoms with Crippen molar-refractivity contribution < 1.29 is 0 Å². The van der Waals surface area contributed by atoms with Crippen molar-refractivity contribution in [2.45, 2.75) is 31.7 Å². The first-order chi connectivity index (χ1) is 9.83. The predicted octanol–water partition coefficient (Wildman–Crippen LogP) is 0.698. The van der Waals surface area contributed by atoms with Crippen LogP contribution < -0.4 is 5.32 Å². The van der Waals surface area contributed by atoms with Gasteiger partial charge in [0.2, 0.25) is 0 Å². The van der Waals surface area contributed by atoms with Crippen LogP contribution >= 0.6 is 0 Å². The first-order valence-electron chi connectivity index (χ1n) is 8.68. The minimum absolute atomic E-state index is 0.893. The Hall–Kier alpha value is -0.160. The molecular formula is C16H32N4. The number of likely N-dealkylation sites (tertiary alicyclic amines) is 1. The summed E-state index contributed by atoms with van der Waals surface area (Å²) >= 11 is 0. The molecule has 0 radical (unpaired) electrons. The second-order valence-corrected chi connectivity index (χ2v) is 6.98. The standard InChI is InChI=1S/C16H32N4/c1-18-9-11-19(12-10-18)13-14-20-8-2-3-16(20)15-4-6-17-7-5-15/h15-17H,2-14H2,1H3. The summed E-state index contributed by atoms with van der Waals surface area (Å²) in [6.45, 7) is 11.5. The fourth-order valence-electron chi connectivity index (χ4n) is 4.23. The third-order valence-electron chi connectivity index (χ3n) is 5.64. The van der Waals surface area contributed by atoms with Gasteiger partial charge in [-0.25, -0.2) is 0 Å². The summed E-state index contributed by atoms with van der Waals surface area (Å²) in [5, 5.41) is 3.51. The molecule has 4 nitrogen and oxygen atoms in total. The molecule has 0 aromatic carbocycles. The van der Waals surface area contributed by atoms with Crippen LogP contribution in [0.25, 0.3) is 0 Å². The summed E-state index contributed by atoms with van der Waals surface area (Å²) in [6, 6.07) is 0.893. The van der Waals surface area contributed by atoms with Crippen molar-refractivity contribution in [1.29, 1.82) is 0 Å². The molecule has 20 heavy (non-hydrogen) atoms. The average molecular weight is 280 g/mol. The number of likely N-dealkylation sites (N-methyl/N-ethyl adjacent to an activating group) is 1. The van der Waals surface area contributed by atoms with Crippen LogP contribution in [0.2, 0.25) is 0 Å². The second-order valence-electron chi connectivity index (χ2n) is 6.98. The van der Waals surface area contributed by atoms with E-state index in [1.807, 2.05) is 0 Å². The van der Waals surface area contributed by atoms with Crippen molar-refractivity contribution in [2.24, 2.45) is 5.92 Å². The molecule has 3 aliphatic heterocycles. The highest BCUT2D eigenvalue weighted by Crippen LogP contribution is 2.29. The number of rotatable bonds is 4. The Labute approximate surface area is 124 Å². The Morgan fingerprint density at radius 1 is 0.900 bits per heavy atom. The Balaban J connectivity index is 1.44. The molecule has 3 saturated heterocycles. The SMILES string of the molecule is CN1CCN(CCN2CCCC2C2CCNCC2)CC1. The Kier molecular flexibility index (Phi) is 5.32. The zero-order valence-electron chi connectivity index (χ0n) is 13.2. The summed E-state index contributed by atoms with van der Waals surface area (Å²) in [5.74, 6) is 0.964. The third-order valence-corrected chi connectivity index (χ3v) is 5.64. The smallest absolute Gasteiger partial charge is 0.0125 e. The van der Waals surface area contributed by atoms with E-state index in [4.69, 9.17) is 0 Å². The third kappa shape index (κ3) is 3.73. The maximum atomic E-state index is 3.51. The molecule has 0 bridgehead atoms. The van der Waals surface area contributed by atoms with Crippen LogP contribution in [0.3, 0.4) is 0 Å². The quantitative estimate of drug-likeness (QED) is 0.818. The van der Waals surface area contributed by atoms with Crippen LogP contribution in [0.15, 0.2) is 0 Å². The van der Waals surface area contributed by atoms with Crippen molar-refractivity contribution in [3.05, 3.63) is 0 Å². The van der Waals surface area contributed by atoms with Crippen LogP contribution in [0.4, 0.5) is 0 Å². The monoisotopic (exact) mass is 280 g/mol. The van der Waals surface area contributed by atoms with Gasteiger partial charge in [0.1, 0.15) is 0 Å². The number of hydrogen-bond acceptors (Lipinski definition) is 4. The normalized spacial score (nSPS) is 31.9. The van der Waals surface area contributed by atoms with Crippen molar-refractivity contribution in [3.63, 3.8) is 0 Å². The van der Waals surface area contributed by atoms with E-state index in [9.17, 15) is 0 Å². The summed E-state index contributed by atoms with van der Waals surface area (Å²) in [6.07, 6.45) is 5.68. The zero-order valence-corrected chi connectivity index (χ0v) is 13.2. The van der Waals surface area contributed by atoms with Crippen molar-refractivity contribution >= 4 is 0 Å². The van der Waals surface area contributed by atoms with E-state index in [1.165, 1.54) is 84.6 Å². The van der Waals surface area contributed by atoms with Gasteiger partial charge in [-0.15, -0.1) is 0 Å². The maximum Gasteiger partial charge on any atom is 0.0125 e. The van der Waals surface area contributed by atoms with Gasteiger partial charge in [-0.05, 0) is 58.3 Å². The lowest BCUT2D eigenvalue weighted by atomic mass is 9.89. The van der Waals surface area contributed by atoms with Gasteiger partial charge in [-0.1, -0.05) is 0 Å². The molecule has 1 N–H and O–H groups in total. The summed E-state index contributed by atoms with van der Waals surface area (Å²) in [7, 11) is 2.24. The van der Waals surface area contributed by atoms with Gasteiger partial charge in [0.25, 0.3) is 0 Å². The lowest BCUT2D eigenvalue weighted by Gasteiger charge is -2.37. The van der Waals surface area contributed by atoms with E-state index in [0.717, 1.165) is 12.0 Å². The fourth-order valence-corrected chi connectivity index (χ4v) is 4.23. The largest absolute Gasteiger partial charge is 0.317 e. The van der Waals surface area contributed by atoms with Crippen LogP contribution in [0, 0.1) is 5.92 Å². The van der Waals surface area contributed by atoms with Gasteiger partial charge in [-0.2, -0.15) is 0 Å². The highest BCUT2D eigenvalue weighted by Gasteiger charge is 2.32. The average Bonchev–Trinajstić information content (AvgIpc) is 2.96. The molecule has 3 rings (SSSR count). The van der Waals surface area contributed by atoms with Crippen molar-refractivity contribution in [1.82, 2.24) is 20.0 Å². The van der Waals surface area contributed by atoms with Crippen LogP contribution in [-0.2, 0) is 0 Å². The Bertz CT molecular complexity index is 282. The summed E-state index contributed by atoms with van der Waals surface area (Å²) in [5.41, 5.74) is 0. The van der Waals surface area contributed by atoms with E-state index in [1.54, 1.807) is 0 Å². The van der Waals surface area contributed by atoms with Crippen molar-refractivity contribution in [2.75, 3.05) is 66.0 Å². The highest BCUT2D eigenvalue weighted by atomic mass is 15.3. The molecule has 4 heteroatoms. The number of hydrogen-bond donors (Lipinski definition) is 1. The van der Waals surface area contributed by atoms with Gasteiger partial charge < -0.3 is 10.2 Å². The number of nitrogens with one attached hydrogen (secondary N) is 1. The molecule has 0 spiro atoms. The van der Waals surface area contributed by atoms with Gasteiger partial charge in [0.05, 0.1) is 0 Å². The topological polar surface area (TPSA) is 21.8 Å². The molecule has 1 unspecified atom stereocenters. The lowest BCUT2D eigenvalue weighted by molar-refractivity contribution is 0.113. The minimum Gasteiger partial charge on any atom is -0.317 e. The molecule has 3 aliphatic rings. The first kappa shape index (κ1) is 14.8. The van der Waals surface area contributed by atoms with Crippen LogP contribution in [0.1, 0.15) is 25.7 Å². The van der Waals surface area contributed by atoms with Gasteiger partial charge in [0.15, 0.2) is 0 Å². The summed E-state index contributed by atoms with van der Waals surface area (Å²) < 4.78 is 0.